The van der Waals surface area contributed by atoms with Crippen molar-refractivity contribution in [2.45, 2.75) is 6.92 Å². The number of aryl methyl sites for hydroxylation is 1. The van der Waals surface area contributed by atoms with E-state index in [1.807, 2.05) is 13.0 Å². The van der Waals surface area contributed by atoms with E-state index >= 15 is 0 Å². The zero-order chi connectivity index (χ0) is 9.42. The summed E-state index contributed by atoms with van der Waals surface area (Å²) < 4.78 is 0. The predicted molar refractivity (Wildman–Crippen MR) is 51.5 cm³/mol. The molecule has 0 spiro atoms. The lowest BCUT2D eigenvalue weighted by Crippen LogP contribution is -1.96. The van der Waals surface area contributed by atoms with Gasteiger partial charge in [0.1, 0.15) is 5.82 Å². The molecule has 5 heteroatoms. The molecule has 2 N–H and O–H groups in total. The Morgan fingerprint density at radius 2 is 2.15 bits per heavy atom. The largest absolute Gasteiger partial charge is 0.383 e. The average Bonchev–Trinajstić information content (AvgIpc) is 2.08. The Labute approximate surface area is 79.8 Å². The molecule has 0 aromatic carbocycles. The summed E-state index contributed by atoms with van der Waals surface area (Å²) in [4.78, 5) is 11.9. The number of rotatable bonds is 0. The first-order valence-corrected chi connectivity index (χ1v) is 4.10. The zero-order valence-electron chi connectivity index (χ0n) is 6.95. The van der Waals surface area contributed by atoms with Crippen LogP contribution >= 0.6 is 11.6 Å². The molecular formula is C8H7ClN4. The zero-order valence-corrected chi connectivity index (χ0v) is 7.71. The molecule has 13 heavy (non-hydrogen) atoms. The van der Waals surface area contributed by atoms with Crippen molar-refractivity contribution in [3.63, 3.8) is 0 Å². The van der Waals surface area contributed by atoms with Crippen molar-refractivity contribution in [1.82, 2.24) is 15.0 Å². The van der Waals surface area contributed by atoms with Crippen LogP contribution in [0, 0.1) is 6.92 Å². The predicted octanol–water partition coefficient (Wildman–Crippen LogP) is 1.57. The number of anilines is 1. The average molecular weight is 195 g/mol. The number of nitrogens with two attached hydrogens (primary N) is 1. The molecule has 0 saturated heterocycles. The summed E-state index contributed by atoms with van der Waals surface area (Å²) in [6.07, 6.45) is 1.63. The molecule has 0 radical (unpaired) electrons. The van der Waals surface area contributed by atoms with E-state index in [0.717, 1.165) is 10.9 Å². The molecule has 4 nitrogen and oxygen atoms in total. The standard InChI is InChI=1S/C8H7ClN4/c1-4-2-5-3-11-8(9)13-7(5)12-6(4)10/h2-3H,1H3,(H2,10,11,12,13). The van der Waals surface area contributed by atoms with Crippen molar-refractivity contribution in [2.24, 2.45) is 0 Å². The molecule has 0 unspecified atom stereocenters. The first-order valence-electron chi connectivity index (χ1n) is 3.72. The molecule has 0 aliphatic rings. The van der Waals surface area contributed by atoms with Gasteiger partial charge in [-0.15, -0.1) is 0 Å². The van der Waals surface area contributed by atoms with Crippen LogP contribution in [0.4, 0.5) is 5.82 Å². The Morgan fingerprint density at radius 1 is 1.38 bits per heavy atom. The maximum Gasteiger partial charge on any atom is 0.224 e. The molecule has 2 rings (SSSR count). The van der Waals surface area contributed by atoms with Gasteiger partial charge in [0.05, 0.1) is 0 Å². The molecule has 0 aliphatic carbocycles. The maximum absolute atomic E-state index is 5.62. The van der Waals surface area contributed by atoms with Crippen LogP contribution in [0.1, 0.15) is 5.56 Å². The van der Waals surface area contributed by atoms with Crippen LogP contribution in [0.3, 0.4) is 0 Å². The highest BCUT2D eigenvalue weighted by Crippen LogP contribution is 2.16. The maximum atomic E-state index is 5.62. The molecule has 66 valence electrons. The van der Waals surface area contributed by atoms with Gasteiger partial charge in [-0.25, -0.2) is 9.97 Å². The number of hydrogen-bond donors (Lipinski definition) is 1. The second kappa shape index (κ2) is 2.81. The van der Waals surface area contributed by atoms with Crippen molar-refractivity contribution >= 4 is 28.5 Å². The quantitative estimate of drug-likeness (QED) is 0.647. The highest BCUT2D eigenvalue weighted by Gasteiger charge is 2.02. The smallest absolute Gasteiger partial charge is 0.224 e. The molecular weight excluding hydrogens is 188 g/mol. The first-order chi connectivity index (χ1) is 6.16. The van der Waals surface area contributed by atoms with Gasteiger partial charge in [-0.05, 0) is 30.2 Å². The molecule has 2 heterocycles. The fourth-order valence-corrected chi connectivity index (χ4v) is 1.19. The van der Waals surface area contributed by atoms with E-state index in [2.05, 4.69) is 15.0 Å². The van der Waals surface area contributed by atoms with E-state index in [-0.39, 0.29) is 5.28 Å². The van der Waals surface area contributed by atoms with Gasteiger partial charge in [-0.1, -0.05) is 0 Å². The van der Waals surface area contributed by atoms with Crippen LogP contribution in [0.5, 0.6) is 0 Å². The van der Waals surface area contributed by atoms with Crippen molar-refractivity contribution in [1.29, 1.82) is 0 Å². The van der Waals surface area contributed by atoms with E-state index in [4.69, 9.17) is 17.3 Å². The molecule has 0 amide bonds. The molecule has 2 aromatic rings. The van der Waals surface area contributed by atoms with Crippen molar-refractivity contribution < 1.29 is 0 Å². The van der Waals surface area contributed by atoms with Crippen LogP contribution in [-0.4, -0.2) is 15.0 Å². The number of fused-ring (bicyclic) bond motifs is 1. The third kappa shape index (κ3) is 1.40. The van der Waals surface area contributed by atoms with Crippen molar-refractivity contribution in [3.05, 3.63) is 23.1 Å². The SMILES string of the molecule is Cc1cc2cnc(Cl)nc2nc1N. The van der Waals surface area contributed by atoms with Gasteiger partial charge in [-0.3, -0.25) is 0 Å². The Kier molecular flexibility index (Phi) is 1.77. The number of nitrogen functional groups attached to an aromatic ring is 1. The third-order valence-corrected chi connectivity index (χ3v) is 1.95. The Balaban J connectivity index is 2.81. The minimum atomic E-state index is 0.184. The monoisotopic (exact) mass is 194 g/mol. The second-order valence-corrected chi connectivity index (χ2v) is 3.08. The van der Waals surface area contributed by atoms with Crippen LogP contribution in [0.15, 0.2) is 12.3 Å². The fourth-order valence-electron chi connectivity index (χ4n) is 1.06. The molecule has 0 bridgehead atoms. The minimum absolute atomic E-state index is 0.184. The van der Waals surface area contributed by atoms with Crippen LogP contribution < -0.4 is 5.73 Å². The normalized spacial score (nSPS) is 10.6. The highest BCUT2D eigenvalue weighted by molar-refractivity contribution is 6.28. The summed E-state index contributed by atoms with van der Waals surface area (Å²) in [6.45, 7) is 1.89. The number of aromatic nitrogens is 3. The summed E-state index contributed by atoms with van der Waals surface area (Å²) >= 11 is 5.61. The topological polar surface area (TPSA) is 64.7 Å². The molecule has 2 aromatic heterocycles. The van der Waals surface area contributed by atoms with Crippen molar-refractivity contribution in [2.75, 3.05) is 5.73 Å². The van der Waals surface area contributed by atoms with E-state index in [9.17, 15) is 0 Å². The van der Waals surface area contributed by atoms with E-state index in [1.54, 1.807) is 6.20 Å². The van der Waals surface area contributed by atoms with Gasteiger partial charge >= 0.3 is 0 Å². The summed E-state index contributed by atoms with van der Waals surface area (Å²) in [5.41, 5.74) is 7.07. The molecule has 0 fully saturated rings. The van der Waals surface area contributed by atoms with Gasteiger partial charge in [-0.2, -0.15) is 4.98 Å². The van der Waals surface area contributed by atoms with E-state index in [1.165, 1.54) is 0 Å². The highest BCUT2D eigenvalue weighted by atomic mass is 35.5. The summed E-state index contributed by atoms with van der Waals surface area (Å²) in [7, 11) is 0. The Hall–Kier alpha value is -1.42. The lowest BCUT2D eigenvalue weighted by Gasteiger charge is -2.00. The Bertz CT molecular complexity index is 469. The van der Waals surface area contributed by atoms with E-state index < -0.39 is 0 Å². The lowest BCUT2D eigenvalue weighted by atomic mass is 10.2. The van der Waals surface area contributed by atoms with E-state index in [0.29, 0.717) is 11.5 Å². The van der Waals surface area contributed by atoms with Gasteiger partial charge in [0.15, 0.2) is 5.65 Å². The lowest BCUT2D eigenvalue weighted by molar-refractivity contribution is 1.17. The van der Waals surface area contributed by atoms with Gasteiger partial charge in [0, 0.05) is 11.6 Å². The summed E-state index contributed by atoms with van der Waals surface area (Å²) in [5.74, 6) is 0.474. The van der Waals surface area contributed by atoms with Crippen LogP contribution in [0.2, 0.25) is 5.28 Å². The number of nitrogens with zero attached hydrogens (tertiary/aromatic N) is 3. The van der Waals surface area contributed by atoms with Crippen molar-refractivity contribution in [3.8, 4) is 0 Å². The van der Waals surface area contributed by atoms with Crippen LogP contribution in [0.25, 0.3) is 11.0 Å². The number of hydrogen-bond acceptors (Lipinski definition) is 4. The molecule has 0 atom stereocenters. The second-order valence-electron chi connectivity index (χ2n) is 2.74. The molecule has 0 saturated carbocycles. The van der Waals surface area contributed by atoms with Crippen LogP contribution in [-0.2, 0) is 0 Å². The number of pyridine rings is 1. The third-order valence-electron chi connectivity index (χ3n) is 1.77. The van der Waals surface area contributed by atoms with Gasteiger partial charge < -0.3 is 5.73 Å². The first kappa shape index (κ1) is 8.19. The molecule has 0 aliphatic heterocycles. The van der Waals surface area contributed by atoms with Gasteiger partial charge in [0.2, 0.25) is 5.28 Å². The number of halogens is 1. The van der Waals surface area contributed by atoms with Gasteiger partial charge in [0.25, 0.3) is 0 Å². The summed E-state index contributed by atoms with van der Waals surface area (Å²) in [5, 5.41) is 1.03. The summed E-state index contributed by atoms with van der Waals surface area (Å²) in [6, 6.07) is 1.88. The fraction of sp³-hybridized carbons (Fsp3) is 0.125. The minimum Gasteiger partial charge on any atom is -0.383 e. The Morgan fingerprint density at radius 3 is 2.92 bits per heavy atom.